The van der Waals surface area contributed by atoms with E-state index in [2.05, 4.69) is 76.6 Å². The molecule has 0 heterocycles. The van der Waals surface area contributed by atoms with Crippen molar-refractivity contribution in [1.29, 1.82) is 0 Å². The Morgan fingerprint density at radius 1 is 1.15 bits per heavy atom. The summed E-state index contributed by atoms with van der Waals surface area (Å²) in [5, 5.41) is 0. The van der Waals surface area contributed by atoms with Gasteiger partial charge < -0.3 is 10.6 Å². The predicted molar refractivity (Wildman–Crippen MR) is 92.4 cm³/mol. The Morgan fingerprint density at radius 3 is 2.45 bits per heavy atom. The maximum atomic E-state index is 5.93. The molecule has 2 nitrogen and oxygen atoms in total. The average Bonchev–Trinajstić information content (AvgIpc) is 2.48. The quantitative estimate of drug-likeness (QED) is 0.816. The molecule has 2 aromatic rings. The molecule has 0 saturated heterocycles. The Hall–Kier alpha value is -0.970. The van der Waals surface area contributed by atoms with Crippen molar-refractivity contribution >= 4 is 33.4 Å². The van der Waals surface area contributed by atoms with Crippen molar-refractivity contribution < 1.29 is 0 Å². The molecule has 0 radical (unpaired) electrons. The first-order valence-electron chi connectivity index (χ1n) is 6.47. The summed E-state index contributed by atoms with van der Waals surface area (Å²) in [4.78, 5) is 3.51. The summed E-state index contributed by atoms with van der Waals surface area (Å²) in [6.07, 6.45) is 2.09. The van der Waals surface area contributed by atoms with Gasteiger partial charge in [0.2, 0.25) is 0 Å². The van der Waals surface area contributed by atoms with Gasteiger partial charge in [-0.25, -0.2) is 0 Å². The van der Waals surface area contributed by atoms with Crippen LogP contribution in [0.2, 0.25) is 0 Å². The Bertz CT molecular complexity index is 569. The van der Waals surface area contributed by atoms with Gasteiger partial charge in [0.15, 0.2) is 0 Å². The van der Waals surface area contributed by atoms with Crippen molar-refractivity contribution in [1.82, 2.24) is 0 Å². The zero-order chi connectivity index (χ0) is 14.5. The fourth-order valence-electron chi connectivity index (χ4n) is 2.26. The highest BCUT2D eigenvalue weighted by atomic mass is 79.9. The first-order chi connectivity index (χ1) is 9.65. The number of thioether (sulfide) groups is 1. The van der Waals surface area contributed by atoms with Gasteiger partial charge in [0.1, 0.15) is 0 Å². The lowest BCUT2D eigenvalue weighted by atomic mass is 10.1. The Labute approximate surface area is 133 Å². The van der Waals surface area contributed by atoms with Crippen LogP contribution in [0, 0.1) is 0 Å². The van der Waals surface area contributed by atoms with E-state index in [4.69, 9.17) is 5.73 Å². The first kappa shape index (κ1) is 15.4. The van der Waals surface area contributed by atoms with E-state index in [1.54, 1.807) is 11.8 Å². The van der Waals surface area contributed by atoms with Gasteiger partial charge in [-0.2, -0.15) is 0 Å². The van der Waals surface area contributed by atoms with E-state index in [1.807, 2.05) is 0 Å². The van der Waals surface area contributed by atoms with Gasteiger partial charge in [-0.05, 0) is 36.1 Å². The molecule has 0 aliphatic carbocycles. The van der Waals surface area contributed by atoms with E-state index in [-0.39, 0.29) is 0 Å². The second kappa shape index (κ2) is 7.16. The van der Waals surface area contributed by atoms with Crippen LogP contribution in [0.25, 0.3) is 0 Å². The van der Waals surface area contributed by atoms with Gasteiger partial charge in [-0.15, -0.1) is 11.8 Å². The molecule has 0 unspecified atom stereocenters. The molecule has 20 heavy (non-hydrogen) atoms. The summed E-state index contributed by atoms with van der Waals surface area (Å²) < 4.78 is 1.11. The maximum Gasteiger partial charge on any atom is 0.0426 e. The van der Waals surface area contributed by atoms with Gasteiger partial charge in [0.25, 0.3) is 0 Å². The highest BCUT2D eigenvalue weighted by Crippen LogP contribution is 2.29. The topological polar surface area (TPSA) is 29.3 Å². The van der Waals surface area contributed by atoms with Crippen LogP contribution in [0.15, 0.2) is 51.8 Å². The van der Waals surface area contributed by atoms with Crippen LogP contribution in [0.5, 0.6) is 0 Å². The minimum absolute atomic E-state index is 0.566. The van der Waals surface area contributed by atoms with Gasteiger partial charge in [0, 0.05) is 40.8 Å². The number of halogens is 1. The molecular formula is C16H19BrN2S. The molecule has 0 saturated carbocycles. The van der Waals surface area contributed by atoms with Crippen molar-refractivity contribution in [2.24, 2.45) is 5.73 Å². The van der Waals surface area contributed by atoms with Crippen LogP contribution in [-0.2, 0) is 13.1 Å². The van der Waals surface area contributed by atoms with Gasteiger partial charge in [-0.3, -0.25) is 0 Å². The van der Waals surface area contributed by atoms with Gasteiger partial charge in [-0.1, -0.05) is 34.1 Å². The summed E-state index contributed by atoms with van der Waals surface area (Å²) in [6, 6.07) is 14.8. The number of benzene rings is 2. The van der Waals surface area contributed by atoms with Crippen LogP contribution in [0.4, 0.5) is 5.69 Å². The Kier molecular flexibility index (Phi) is 5.52. The van der Waals surface area contributed by atoms with E-state index in [0.29, 0.717) is 6.54 Å². The number of hydrogen-bond acceptors (Lipinski definition) is 3. The molecular weight excluding hydrogens is 332 g/mol. The highest BCUT2D eigenvalue weighted by Gasteiger charge is 2.10. The van der Waals surface area contributed by atoms with Crippen molar-refractivity contribution in [3.63, 3.8) is 0 Å². The zero-order valence-electron chi connectivity index (χ0n) is 11.8. The smallest absolute Gasteiger partial charge is 0.0426 e. The van der Waals surface area contributed by atoms with Crippen LogP contribution in [0.1, 0.15) is 11.1 Å². The molecule has 2 N–H and O–H groups in total. The van der Waals surface area contributed by atoms with Gasteiger partial charge in [0.05, 0.1) is 0 Å². The molecule has 0 atom stereocenters. The van der Waals surface area contributed by atoms with Crippen molar-refractivity contribution in [3.05, 3.63) is 58.1 Å². The van der Waals surface area contributed by atoms with E-state index < -0.39 is 0 Å². The number of rotatable bonds is 5. The minimum atomic E-state index is 0.566. The number of anilines is 1. The summed E-state index contributed by atoms with van der Waals surface area (Å²) in [5.74, 6) is 0. The fraction of sp³-hybridized carbons (Fsp3) is 0.250. The van der Waals surface area contributed by atoms with Crippen molar-refractivity contribution in [2.75, 3.05) is 18.2 Å². The van der Waals surface area contributed by atoms with Crippen molar-refractivity contribution in [2.45, 2.75) is 18.0 Å². The standard InChI is InChI=1S/C16H19BrN2S/c1-19(11-12-6-8-13(17)9-7-12)15-4-3-5-16(20-2)14(15)10-18/h3-9H,10-11,18H2,1-2H3. The third-order valence-corrected chi connectivity index (χ3v) is 4.63. The second-order valence-electron chi connectivity index (χ2n) is 4.64. The molecule has 0 aliphatic rings. The summed E-state index contributed by atoms with van der Waals surface area (Å²) in [5.41, 5.74) is 9.65. The van der Waals surface area contributed by atoms with Crippen LogP contribution < -0.4 is 10.6 Å². The van der Waals surface area contributed by atoms with Crippen LogP contribution in [0.3, 0.4) is 0 Å². The summed E-state index contributed by atoms with van der Waals surface area (Å²) in [6.45, 7) is 1.44. The lowest BCUT2D eigenvalue weighted by molar-refractivity contribution is 0.894. The lowest BCUT2D eigenvalue weighted by Crippen LogP contribution is -2.19. The molecule has 0 aliphatic heterocycles. The molecule has 0 spiro atoms. The van der Waals surface area contributed by atoms with E-state index in [0.717, 1.165) is 11.0 Å². The average molecular weight is 351 g/mol. The SMILES string of the molecule is CSc1cccc(N(C)Cc2ccc(Br)cc2)c1CN. The first-order valence-corrected chi connectivity index (χ1v) is 8.49. The third kappa shape index (κ3) is 3.57. The number of nitrogens with two attached hydrogens (primary N) is 1. The molecule has 0 amide bonds. The van der Waals surface area contributed by atoms with E-state index in [1.165, 1.54) is 21.7 Å². The Balaban J connectivity index is 2.24. The fourth-order valence-corrected chi connectivity index (χ4v) is 3.17. The van der Waals surface area contributed by atoms with Gasteiger partial charge >= 0.3 is 0 Å². The predicted octanol–water partition coefficient (Wildman–Crippen LogP) is 4.27. The third-order valence-electron chi connectivity index (χ3n) is 3.28. The number of nitrogens with zero attached hydrogens (tertiary/aromatic N) is 1. The summed E-state index contributed by atoms with van der Waals surface area (Å²) in [7, 11) is 2.11. The largest absolute Gasteiger partial charge is 0.370 e. The van der Waals surface area contributed by atoms with E-state index in [9.17, 15) is 0 Å². The second-order valence-corrected chi connectivity index (χ2v) is 6.41. The maximum absolute atomic E-state index is 5.93. The van der Waals surface area contributed by atoms with Crippen LogP contribution >= 0.6 is 27.7 Å². The minimum Gasteiger partial charge on any atom is -0.370 e. The molecule has 2 rings (SSSR count). The Morgan fingerprint density at radius 2 is 1.85 bits per heavy atom. The lowest BCUT2D eigenvalue weighted by Gasteiger charge is -2.23. The molecule has 2 aromatic carbocycles. The molecule has 4 heteroatoms. The van der Waals surface area contributed by atoms with Crippen LogP contribution in [-0.4, -0.2) is 13.3 Å². The van der Waals surface area contributed by atoms with E-state index >= 15 is 0 Å². The number of hydrogen-bond donors (Lipinski definition) is 1. The zero-order valence-corrected chi connectivity index (χ0v) is 14.2. The van der Waals surface area contributed by atoms with Crippen molar-refractivity contribution in [3.8, 4) is 0 Å². The monoisotopic (exact) mass is 350 g/mol. The highest BCUT2D eigenvalue weighted by molar-refractivity contribution is 9.10. The molecule has 106 valence electrons. The molecule has 0 fully saturated rings. The molecule has 0 aromatic heterocycles. The normalized spacial score (nSPS) is 10.6. The molecule has 0 bridgehead atoms. The summed E-state index contributed by atoms with van der Waals surface area (Å²) >= 11 is 5.21.